The molecule has 0 radical (unpaired) electrons. The minimum atomic E-state index is -0.640. The summed E-state index contributed by atoms with van der Waals surface area (Å²) in [6.45, 7) is 5.04. The summed E-state index contributed by atoms with van der Waals surface area (Å²) in [7, 11) is 2.11. The van der Waals surface area contributed by atoms with Crippen LogP contribution < -0.4 is 10.5 Å². The number of nitrogens with zero attached hydrogens (tertiary/aromatic N) is 5. The van der Waals surface area contributed by atoms with Crippen LogP contribution in [0, 0.1) is 23.7 Å². The second-order valence-electron chi connectivity index (χ2n) is 11.4. The van der Waals surface area contributed by atoms with Crippen LogP contribution in [0.15, 0.2) is 17.0 Å². The highest BCUT2D eigenvalue weighted by Crippen LogP contribution is 2.52. The van der Waals surface area contributed by atoms with E-state index in [1.165, 1.54) is 22.7 Å². The van der Waals surface area contributed by atoms with Crippen LogP contribution in [0.3, 0.4) is 0 Å². The summed E-state index contributed by atoms with van der Waals surface area (Å²) >= 11 is 3.00. The topological polar surface area (TPSA) is 145 Å². The second kappa shape index (κ2) is 10.8. The largest absolute Gasteiger partial charge is 0.504 e. The molecule has 3 aliphatic rings. The van der Waals surface area contributed by atoms with Crippen LogP contribution in [0.2, 0.25) is 0 Å². The van der Waals surface area contributed by atoms with E-state index in [0.29, 0.717) is 45.5 Å². The first-order valence-corrected chi connectivity index (χ1v) is 15.9. The van der Waals surface area contributed by atoms with Crippen LogP contribution in [0.25, 0.3) is 17.1 Å². The van der Waals surface area contributed by atoms with Crippen molar-refractivity contribution in [2.75, 3.05) is 19.3 Å². The van der Waals surface area contributed by atoms with Crippen LogP contribution in [-0.2, 0) is 11.8 Å². The highest BCUT2D eigenvalue weighted by Gasteiger charge is 2.47. The molecule has 41 heavy (non-hydrogen) atoms. The van der Waals surface area contributed by atoms with Crippen molar-refractivity contribution >= 4 is 39.1 Å². The van der Waals surface area contributed by atoms with Gasteiger partial charge in [0.25, 0.3) is 0 Å². The van der Waals surface area contributed by atoms with Crippen LogP contribution in [0.4, 0.5) is 5.00 Å². The van der Waals surface area contributed by atoms with E-state index in [1.54, 1.807) is 6.07 Å². The number of allylic oxidation sites excluding steroid dienone is 1. The van der Waals surface area contributed by atoms with Crippen molar-refractivity contribution in [1.29, 1.82) is 10.7 Å². The number of thiazole rings is 1. The molecular weight excluding hydrogens is 555 g/mol. The zero-order chi connectivity index (χ0) is 28.9. The number of nitriles is 1. The Balaban J connectivity index is 1.42. The summed E-state index contributed by atoms with van der Waals surface area (Å²) < 4.78 is 6.38. The van der Waals surface area contributed by atoms with Gasteiger partial charge in [-0.25, -0.2) is 9.97 Å². The van der Waals surface area contributed by atoms with Crippen molar-refractivity contribution in [1.82, 2.24) is 19.9 Å². The molecule has 6 rings (SSSR count). The number of likely N-dealkylation sites (tertiary alicyclic amines) is 1. The van der Waals surface area contributed by atoms with Gasteiger partial charge in [-0.3, -0.25) is 4.90 Å². The van der Waals surface area contributed by atoms with Gasteiger partial charge in [-0.1, -0.05) is 0 Å². The van der Waals surface area contributed by atoms with Gasteiger partial charge < -0.3 is 21.0 Å². The number of hydrogen-bond donors (Lipinski definition) is 3. The molecule has 3 atom stereocenters. The number of aliphatic hydroxyl groups is 1. The van der Waals surface area contributed by atoms with Crippen molar-refractivity contribution in [3.8, 4) is 23.3 Å². The lowest BCUT2D eigenvalue weighted by atomic mass is 9.60. The summed E-state index contributed by atoms with van der Waals surface area (Å²) in [6, 6.07) is 4.38. The number of rotatable bonds is 5. The summed E-state index contributed by atoms with van der Waals surface area (Å²) in [5, 5.41) is 34.5. The van der Waals surface area contributed by atoms with Crippen LogP contribution in [-0.4, -0.2) is 56.4 Å². The molecule has 3 aromatic heterocycles. The zero-order valence-corrected chi connectivity index (χ0v) is 25.3. The number of nitrogens with one attached hydrogen (secondary N) is 1. The number of nitrogens with two attached hydrogens (primary N) is 1. The highest BCUT2D eigenvalue weighted by molar-refractivity contribution is 7.16. The predicted octanol–water partition coefficient (Wildman–Crippen LogP) is 6.03. The van der Waals surface area contributed by atoms with Gasteiger partial charge in [0.05, 0.1) is 16.3 Å². The Hall–Kier alpha value is -3.33. The lowest BCUT2D eigenvalue weighted by Crippen LogP contribution is -2.42. The average Bonchev–Trinajstić information content (AvgIpc) is 3.67. The van der Waals surface area contributed by atoms with Gasteiger partial charge in [-0.15, -0.1) is 22.7 Å². The lowest BCUT2D eigenvalue weighted by Gasteiger charge is -2.42. The first-order chi connectivity index (χ1) is 19.7. The predicted molar refractivity (Wildman–Crippen MR) is 163 cm³/mol. The number of aryl methyl sites for hydroxylation is 2. The minimum absolute atomic E-state index is 0.101. The maximum absolute atomic E-state index is 11.7. The van der Waals surface area contributed by atoms with Gasteiger partial charge in [0.1, 0.15) is 22.9 Å². The third-order valence-corrected chi connectivity index (χ3v) is 10.8. The van der Waals surface area contributed by atoms with Crippen molar-refractivity contribution in [3.05, 3.63) is 43.9 Å². The molecule has 4 N–H and O–H groups in total. The molecule has 2 fully saturated rings. The minimum Gasteiger partial charge on any atom is -0.504 e. The Bertz CT molecular complexity index is 1590. The molecule has 0 amide bonds. The Morgan fingerprint density at radius 3 is 2.71 bits per heavy atom. The number of hydrogen-bond acceptors (Lipinski definition) is 11. The third-order valence-electron chi connectivity index (χ3n) is 8.92. The molecular formula is C30H35N7O2S2. The lowest BCUT2D eigenvalue weighted by molar-refractivity contribution is 0.116. The van der Waals surface area contributed by atoms with Crippen molar-refractivity contribution in [3.63, 3.8) is 0 Å². The Labute approximate surface area is 248 Å². The van der Waals surface area contributed by atoms with Crippen LogP contribution in [0.5, 0.6) is 5.88 Å². The number of fused-ring (bicyclic) bond motifs is 2. The quantitative estimate of drug-likeness (QED) is 0.306. The SMILES string of the molecule is Cc1nc(-c2cc(O[C@@H](C)[C@@H]3CCCN3C)nc(/C(O)=C3\CCC[C@@]4(CCCc5sc(N)c(C#N)c54)C3=N)n2)cs1. The monoisotopic (exact) mass is 589 g/mol. The number of thiophene rings is 1. The molecule has 0 unspecified atom stereocenters. The van der Waals surface area contributed by atoms with Crippen molar-refractivity contribution < 1.29 is 9.84 Å². The van der Waals surface area contributed by atoms with E-state index >= 15 is 0 Å². The second-order valence-corrected chi connectivity index (χ2v) is 13.6. The fourth-order valence-corrected chi connectivity index (χ4v) is 8.71. The van der Waals surface area contributed by atoms with Gasteiger partial charge in [0.2, 0.25) is 5.88 Å². The molecule has 1 saturated carbocycles. The zero-order valence-electron chi connectivity index (χ0n) is 23.7. The van der Waals surface area contributed by atoms with Gasteiger partial charge in [0.15, 0.2) is 11.6 Å². The first-order valence-electron chi connectivity index (χ1n) is 14.2. The number of likely N-dealkylation sites (N-methyl/N-ethyl adjacent to an activating group) is 1. The fourth-order valence-electron chi connectivity index (χ4n) is 6.95. The molecule has 214 valence electrons. The maximum atomic E-state index is 11.7. The van der Waals surface area contributed by atoms with E-state index in [1.807, 2.05) is 12.3 Å². The molecule has 2 aliphatic carbocycles. The molecule has 1 aliphatic heterocycles. The van der Waals surface area contributed by atoms with E-state index in [0.717, 1.165) is 66.9 Å². The molecule has 1 spiro atoms. The third kappa shape index (κ3) is 4.82. The molecule has 0 aromatic carbocycles. The van der Waals surface area contributed by atoms with Crippen molar-refractivity contribution in [2.45, 2.75) is 82.8 Å². The van der Waals surface area contributed by atoms with E-state index in [4.69, 9.17) is 15.5 Å². The Kier molecular flexibility index (Phi) is 7.34. The summed E-state index contributed by atoms with van der Waals surface area (Å²) in [5.41, 5.74) is 9.15. The summed E-state index contributed by atoms with van der Waals surface area (Å²) in [4.78, 5) is 17.4. The number of ether oxygens (including phenoxy) is 1. The fraction of sp³-hybridized carbons (Fsp3) is 0.500. The molecule has 0 bridgehead atoms. The Morgan fingerprint density at radius 2 is 2.02 bits per heavy atom. The summed E-state index contributed by atoms with van der Waals surface area (Å²) in [5.74, 6) is 0.408. The first kappa shape index (κ1) is 27.8. The van der Waals surface area contributed by atoms with Gasteiger partial charge in [-0.2, -0.15) is 10.2 Å². The number of aromatic nitrogens is 3. The number of nitrogen functional groups attached to an aromatic ring is 1. The number of aliphatic hydroxyl groups excluding tert-OH is 1. The van der Waals surface area contributed by atoms with Gasteiger partial charge >= 0.3 is 0 Å². The van der Waals surface area contributed by atoms with E-state index in [-0.39, 0.29) is 23.7 Å². The van der Waals surface area contributed by atoms with Gasteiger partial charge in [0, 0.05) is 39.1 Å². The van der Waals surface area contributed by atoms with E-state index in [2.05, 4.69) is 34.9 Å². The highest BCUT2D eigenvalue weighted by atomic mass is 32.1. The van der Waals surface area contributed by atoms with E-state index in [9.17, 15) is 15.8 Å². The van der Waals surface area contributed by atoms with E-state index < -0.39 is 5.41 Å². The molecule has 1 saturated heterocycles. The normalized spacial score (nSPS) is 24.7. The van der Waals surface area contributed by atoms with Crippen molar-refractivity contribution in [2.24, 2.45) is 0 Å². The Morgan fingerprint density at radius 1 is 1.24 bits per heavy atom. The van der Waals surface area contributed by atoms with Crippen LogP contribution >= 0.6 is 22.7 Å². The molecule has 9 nitrogen and oxygen atoms in total. The molecule has 4 heterocycles. The smallest absolute Gasteiger partial charge is 0.217 e. The number of anilines is 1. The molecule has 3 aromatic rings. The summed E-state index contributed by atoms with van der Waals surface area (Å²) in [6.07, 6.45) is 6.68. The maximum Gasteiger partial charge on any atom is 0.217 e. The molecule has 11 heteroatoms. The standard InChI is InChI=1S/C30H35N7O2S2/c1-16(22-8-6-12-37(22)3)39-24-13-20(21-15-40-17(2)34-21)35-29(36-24)26(38)18-7-4-10-30(27(18)32)11-5-9-23-25(30)19(14-31)28(33)41-23/h13,15-16,22,32,38H,4-12,33H2,1-3H3/b26-18-,32-27?/t16-,22-,30-/m0/s1. The average molecular weight is 590 g/mol. The van der Waals surface area contributed by atoms with Crippen LogP contribution in [0.1, 0.15) is 78.7 Å². The van der Waals surface area contributed by atoms with Gasteiger partial charge in [-0.05, 0) is 84.4 Å².